The molecule has 1 fully saturated rings. The van der Waals surface area contributed by atoms with Gasteiger partial charge in [0.2, 0.25) is 5.91 Å². The molecule has 0 spiro atoms. The van der Waals surface area contributed by atoms with E-state index in [1.54, 1.807) is 35.5 Å². The molecule has 2 N–H and O–H groups in total. The Labute approximate surface area is 169 Å². The van der Waals surface area contributed by atoms with Crippen molar-refractivity contribution in [2.24, 2.45) is 5.73 Å². The first-order chi connectivity index (χ1) is 13.9. The summed E-state index contributed by atoms with van der Waals surface area (Å²) in [5.41, 5.74) is 6.75. The number of anilines is 1. The summed E-state index contributed by atoms with van der Waals surface area (Å²) >= 11 is 0. The van der Waals surface area contributed by atoms with Crippen molar-refractivity contribution in [3.05, 3.63) is 54.1 Å². The molecule has 7 nitrogen and oxygen atoms in total. The second kappa shape index (κ2) is 9.36. The quantitative estimate of drug-likeness (QED) is 0.808. The first kappa shape index (κ1) is 20.6. The van der Waals surface area contributed by atoms with E-state index in [2.05, 4.69) is 4.98 Å². The van der Waals surface area contributed by atoms with Crippen LogP contribution in [0.2, 0.25) is 0 Å². The normalized spacial score (nSPS) is 16.3. The average Bonchev–Trinajstić information content (AvgIpc) is 2.68. The number of nitrogens with two attached hydrogens (primary N) is 1. The van der Waals surface area contributed by atoms with Gasteiger partial charge in [0, 0.05) is 32.3 Å². The number of amides is 3. The fourth-order valence-electron chi connectivity index (χ4n) is 3.47. The standard InChI is InChI=1S/C21H25FN4O3/c1-15(27)25-8-3-5-19(14-25)29-20-11-16(10-17(22)12-20)6-9-26(21(23)28)18-4-2-7-24-13-18/h2,4,7,10-13,19H,3,5-6,8-9,14H2,1H3,(H2,23,28)/t19-/m1/s1. The first-order valence-electron chi connectivity index (χ1n) is 9.61. The van der Waals surface area contributed by atoms with Crippen LogP contribution < -0.4 is 15.4 Å². The summed E-state index contributed by atoms with van der Waals surface area (Å²) in [6.45, 7) is 3.04. The Balaban J connectivity index is 1.67. The SMILES string of the molecule is CC(=O)N1CCC[C@@H](Oc2cc(F)cc(CCN(C(N)=O)c3cccnc3)c2)C1. The third-order valence-electron chi connectivity index (χ3n) is 4.91. The molecule has 3 amide bonds. The lowest BCUT2D eigenvalue weighted by Gasteiger charge is -2.32. The lowest BCUT2D eigenvalue weighted by Crippen LogP contribution is -2.43. The third-order valence-corrected chi connectivity index (χ3v) is 4.91. The molecule has 154 valence electrons. The van der Waals surface area contributed by atoms with Crippen LogP contribution in [0.5, 0.6) is 5.75 Å². The summed E-state index contributed by atoms with van der Waals surface area (Å²) in [4.78, 5) is 30.5. The fraction of sp³-hybridized carbons (Fsp3) is 0.381. The molecule has 0 bridgehead atoms. The molecule has 1 atom stereocenters. The van der Waals surface area contributed by atoms with E-state index in [1.807, 2.05) is 0 Å². The zero-order valence-electron chi connectivity index (χ0n) is 16.4. The fourth-order valence-corrected chi connectivity index (χ4v) is 3.47. The van der Waals surface area contributed by atoms with Gasteiger partial charge >= 0.3 is 6.03 Å². The van der Waals surface area contributed by atoms with E-state index in [9.17, 15) is 14.0 Å². The van der Waals surface area contributed by atoms with Gasteiger partial charge in [0.1, 0.15) is 17.7 Å². The van der Waals surface area contributed by atoms with Gasteiger partial charge in [0.05, 0.1) is 18.4 Å². The molecule has 0 unspecified atom stereocenters. The van der Waals surface area contributed by atoms with Crippen LogP contribution in [0.1, 0.15) is 25.3 Å². The maximum Gasteiger partial charge on any atom is 0.319 e. The number of hydrogen-bond acceptors (Lipinski definition) is 4. The van der Waals surface area contributed by atoms with Crippen LogP contribution in [0.3, 0.4) is 0 Å². The van der Waals surface area contributed by atoms with Crippen LogP contribution in [-0.4, -0.2) is 47.6 Å². The Hall–Kier alpha value is -3.16. The number of primary amides is 1. The van der Waals surface area contributed by atoms with Crippen molar-refractivity contribution in [1.29, 1.82) is 0 Å². The molecular weight excluding hydrogens is 375 g/mol. The van der Waals surface area contributed by atoms with Crippen LogP contribution in [0, 0.1) is 5.82 Å². The first-order valence-corrected chi connectivity index (χ1v) is 9.61. The minimum absolute atomic E-state index is 0.0141. The van der Waals surface area contributed by atoms with E-state index in [0.717, 1.165) is 19.4 Å². The van der Waals surface area contributed by atoms with Crippen LogP contribution in [0.15, 0.2) is 42.7 Å². The van der Waals surface area contributed by atoms with E-state index in [-0.39, 0.29) is 18.6 Å². The Kier molecular flexibility index (Phi) is 6.64. The molecule has 0 radical (unpaired) electrons. The molecule has 1 aromatic heterocycles. The highest BCUT2D eigenvalue weighted by molar-refractivity contribution is 5.90. The Morgan fingerprint density at radius 1 is 1.38 bits per heavy atom. The molecule has 1 aromatic carbocycles. The predicted molar refractivity (Wildman–Crippen MR) is 107 cm³/mol. The Morgan fingerprint density at radius 2 is 2.21 bits per heavy atom. The molecule has 0 saturated carbocycles. The van der Waals surface area contributed by atoms with Gasteiger partial charge in [-0.2, -0.15) is 0 Å². The summed E-state index contributed by atoms with van der Waals surface area (Å²) in [5, 5.41) is 0. The van der Waals surface area contributed by atoms with Gasteiger partial charge in [0.25, 0.3) is 0 Å². The number of nitrogens with zero attached hydrogens (tertiary/aromatic N) is 3. The highest BCUT2D eigenvalue weighted by Crippen LogP contribution is 2.22. The van der Waals surface area contributed by atoms with E-state index in [1.165, 1.54) is 24.0 Å². The highest BCUT2D eigenvalue weighted by atomic mass is 19.1. The number of hydrogen-bond donors (Lipinski definition) is 1. The van der Waals surface area contributed by atoms with Gasteiger partial charge in [-0.1, -0.05) is 0 Å². The van der Waals surface area contributed by atoms with Crippen LogP contribution >= 0.6 is 0 Å². The molecule has 1 saturated heterocycles. The van der Waals surface area contributed by atoms with Crippen molar-refractivity contribution in [1.82, 2.24) is 9.88 Å². The van der Waals surface area contributed by atoms with E-state index in [4.69, 9.17) is 10.5 Å². The minimum Gasteiger partial charge on any atom is -0.488 e. The van der Waals surface area contributed by atoms with Gasteiger partial charge in [-0.15, -0.1) is 0 Å². The van der Waals surface area contributed by atoms with Crippen LogP contribution in [0.4, 0.5) is 14.9 Å². The lowest BCUT2D eigenvalue weighted by atomic mass is 10.1. The number of piperidine rings is 1. The number of carbonyl (C=O) groups excluding carboxylic acids is 2. The maximum absolute atomic E-state index is 14.1. The van der Waals surface area contributed by atoms with Crippen molar-refractivity contribution >= 4 is 17.6 Å². The number of rotatable bonds is 6. The second-order valence-electron chi connectivity index (χ2n) is 7.09. The molecule has 8 heteroatoms. The van der Waals surface area contributed by atoms with E-state index < -0.39 is 11.8 Å². The summed E-state index contributed by atoms with van der Waals surface area (Å²) in [5.74, 6) is 0.0197. The molecule has 2 aromatic rings. The smallest absolute Gasteiger partial charge is 0.319 e. The number of likely N-dealkylation sites (tertiary alicyclic amines) is 1. The zero-order chi connectivity index (χ0) is 20.8. The Bertz CT molecular complexity index is 862. The van der Waals surface area contributed by atoms with Gasteiger partial charge in [-0.05, 0) is 49.1 Å². The van der Waals surface area contributed by atoms with Gasteiger partial charge in [0.15, 0.2) is 0 Å². The molecule has 0 aliphatic carbocycles. The number of aromatic nitrogens is 1. The Morgan fingerprint density at radius 3 is 2.90 bits per heavy atom. The minimum atomic E-state index is -0.600. The van der Waals surface area contributed by atoms with E-state index in [0.29, 0.717) is 30.0 Å². The van der Waals surface area contributed by atoms with Crippen molar-refractivity contribution in [3.8, 4) is 5.75 Å². The van der Waals surface area contributed by atoms with Crippen LogP contribution in [0.25, 0.3) is 0 Å². The number of ether oxygens (including phenoxy) is 1. The second-order valence-corrected chi connectivity index (χ2v) is 7.09. The molecule has 1 aliphatic rings. The number of carbonyl (C=O) groups is 2. The molecule has 29 heavy (non-hydrogen) atoms. The molecule has 2 heterocycles. The summed E-state index contributed by atoms with van der Waals surface area (Å²) in [6, 6.07) is 7.37. The van der Waals surface area contributed by atoms with E-state index >= 15 is 0 Å². The van der Waals surface area contributed by atoms with Gasteiger partial charge in [-0.3, -0.25) is 14.7 Å². The third kappa shape index (κ3) is 5.66. The predicted octanol–water partition coefficient (Wildman–Crippen LogP) is 2.74. The van der Waals surface area contributed by atoms with Crippen molar-refractivity contribution in [2.75, 3.05) is 24.5 Å². The lowest BCUT2D eigenvalue weighted by molar-refractivity contribution is -0.131. The maximum atomic E-state index is 14.1. The number of benzene rings is 1. The number of halogens is 1. The molecular formula is C21H25FN4O3. The summed E-state index contributed by atoms with van der Waals surface area (Å²) in [6.07, 6.45) is 5.05. The largest absolute Gasteiger partial charge is 0.488 e. The average molecular weight is 400 g/mol. The highest BCUT2D eigenvalue weighted by Gasteiger charge is 2.23. The summed E-state index contributed by atoms with van der Waals surface area (Å²) < 4.78 is 20.1. The van der Waals surface area contributed by atoms with Crippen molar-refractivity contribution in [2.45, 2.75) is 32.3 Å². The van der Waals surface area contributed by atoms with Gasteiger partial charge < -0.3 is 15.4 Å². The molecule has 1 aliphatic heterocycles. The topological polar surface area (TPSA) is 88.8 Å². The number of urea groups is 1. The van der Waals surface area contributed by atoms with Crippen molar-refractivity contribution in [3.63, 3.8) is 0 Å². The number of pyridine rings is 1. The van der Waals surface area contributed by atoms with Gasteiger partial charge in [-0.25, -0.2) is 9.18 Å². The van der Waals surface area contributed by atoms with Crippen molar-refractivity contribution < 1.29 is 18.7 Å². The summed E-state index contributed by atoms with van der Waals surface area (Å²) in [7, 11) is 0. The monoisotopic (exact) mass is 400 g/mol. The van der Waals surface area contributed by atoms with Crippen LogP contribution in [-0.2, 0) is 11.2 Å². The zero-order valence-corrected chi connectivity index (χ0v) is 16.4. The molecule has 3 rings (SSSR count).